The number of piperidine rings is 1. The second-order valence-electron chi connectivity index (χ2n) is 9.00. The molecule has 0 bridgehead atoms. The molecule has 10 heteroatoms. The lowest BCUT2D eigenvalue weighted by atomic mass is 10.0. The summed E-state index contributed by atoms with van der Waals surface area (Å²) >= 11 is 0. The van der Waals surface area contributed by atoms with Gasteiger partial charge in [-0.05, 0) is 37.8 Å². The molecule has 6 rings (SSSR count). The van der Waals surface area contributed by atoms with Crippen LogP contribution >= 0.6 is 0 Å². The van der Waals surface area contributed by atoms with E-state index in [1.807, 2.05) is 34.7 Å². The summed E-state index contributed by atoms with van der Waals surface area (Å²) in [5.41, 5.74) is 9.82. The molecule has 174 valence electrons. The van der Waals surface area contributed by atoms with Gasteiger partial charge in [-0.25, -0.2) is 14.6 Å². The number of carbonyl (C=O) groups excluding carboxylic acids is 1. The number of amides is 1. The number of nitrogens with zero attached hydrogens (tertiary/aromatic N) is 7. The van der Waals surface area contributed by atoms with Crippen LogP contribution in [0.1, 0.15) is 56.7 Å². The topological polar surface area (TPSA) is 129 Å². The van der Waals surface area contributed by atoms with Gasteiger partial charge in [-0.2, -0.15) is 5.10 Å². The number of aromatic nitrogens is 6. The number of likely N-dealkylation sites (tertiary alicyclic amines) is 1. The Morgan fingerprint density at radius 3 is 2.82 bits per heavy atom. The molecule has 1 atom stereocenters. The zero-order valence-electron chi connectivity index (χ0n) is 19.0. The zero-order valence-corrected chi connectivity index (χ0v) is 19.0. The van der Waals surface area contributed by atoms with Gasteiger partial charge in [0.2, 0.25) is 5.91 Å². The summed E-state index contributed by atoms with van der Waals surface area (Å²) < 4.78 is 7.76. The van der Waals surface area contributed by atoms with Crippen molar-refractivity contribution in [1.29, 1.82) is 0 Å². The lowest BCUT2D eigenvalue weighted by Gasteiger charge is -2.32. The first-order valence-corrected chi connectivity index (χ1v) is 11.8. The summed E-state index contributed by atoms with van der Waals surface area (Å²) in [6.45, 7) is 3.25. The van der Waals surface area contributed by atoms with Crippen LogP contribution in [0.25, 0.3) is 33.7 Å². The van der Waals surface area contributed by atoms with Gasteiger partial charge in [0.05, 0.1) is 22.7 Å². The lowest BCUT2D eigenvalue weighted by Crippen LogP contribution is -2.40. The molecule has 10 nitrogen and oxygen atoms in total. The molecular formula is C24H26N8O2. The molecule has 34 heavy (non-hydrogen) atoms. The van der Waals surface area contributed by atoms with Crippen LogP contribution in [-0.2, 0) is 4.79 Å². The highest BCUT2D eigenvalue weighted by molar-refractivity contribution is 6.00. The molecule has 4 aromatic heterocycles. The summed E-state index contributed by atoms with van der Waals surface area (Å²) in [6.07, 6.45) is 7.64. The Morgan fingerprint density at radius 2 is 2.06 bits per heavy atom. The van der Waals surface area contributed by atoms with E-state index in [2.05, 4.69) is 20.1 Å². The average Bonchev–Trinajstić information content (AvgIpc) is 3.50. The van der Waals surface area contributed by atoms with Crippen LogP contribution in [0.15, 0.2) is 35.2 Å². The number of hydrogen-bond acceptors (Lipinski definition) is 8. The maximum atomic E-state index is 12.4. The molecule has 0 radical (unpaired) electrons. The Hall–Kier alpha value is -3.82. The van der Waals surface area contributed by atoms with Crippen LogP contribution in [-0.4, -0.2) is 53.8 Å². The molecule has 2 N–H and O–H groups in total. The summed E-state index contributed by atoms with van der Waals surface area (Å²) in [6, 6.07) is 5.78. The van der Waals surface area contributed by atoms with E-state index in [4.69, 9.17) is 15.4 Å². The highest BCUT2D eigenvalue weighted by Crippen LogP contribution is 2.48. The van der Waals surface area contributed by atoms with Gasteiger partial charge in [0, 0.05) is 31.6 Å². The van der Waals surface area contributed by atoms with Crippen molar-refractivity contribution in [3.05, 3.63) is 36.5 Å². The van der Waals surface area contributed by atoms with Gasteiger partial charge in [-0.15, -0.1) is 0 Å². The van der Waals surface area contributed by atoms with Gasteiger partial charge in [0.15, 0.2) is 5.65 Å². The van der Waals surface area contributed by atoms with Crippen molar-refractivity contribution >= 4 is 22.8 Å². The molecule has 1 amide bonds. The minimum absolute atomic E-state index is 0.0112. The molecule has 2 fully saturated rings. The molecule has 0 unspecified atom stereocenters. The first-order chi connectivity index (χ1) is 16.7. The highest BCUT2D eigenvalue weighted by atomic mass is 16.5. The predicted octanol–water partition coefficient (Wildman–Crippen LogP) is 3.58. The van der Waals surface area contributed by atoms with Gasteiger partial charge >= 0.3 is 0 Å². The molecule has 0 spiro atoms. The van der Waals surface area contributed by atoms with E-state index in [9.17, 15) is 4.79 Å². The van der Waals surface area contributed by atoms with E-state index in [1.165, 1.54) is 6.33 Å². The number of carbonyl (C=O) groups is 1. The monoisotopic (exact) mass is 458 g/mol. The summed E-state index contributed by atoms with van der Waals surface area (Å²) in [7, 11) is 0. The second-order valence-corrected chi connectivity index (χ2v) is 9.00. The van der Waals surface area contributed by atoms with Crippen molar-refractivity contribution in [2.45, 2.75) is 51.0 Å². The number of nitrogens with two attached hydrogens (primary N) is 1. The van der Waals surface area contributed by atoms with Crippen molar-refractivity contribution in [1.82, 2.24) is 34.8 Å². The Kier molecular flexibility index (Phi) is 5.00. The first kappa shape index (κ1) is 20.8. The lowest BCUT2D eigenvalue weighted by molar-refractivity contribution is -0.132. The first-order valence-electron chi connectivity index (χ1n) is 11.8. The third-order valence-electron chi connectivity index (χ3n) is 6.73. The normalized spacial score (nSPS) is 18.5. The standard InChI is InChI=1S/C24H26N8O2/c1-2-17(33)31-11-5-6-15(12-31)32-24-19(23(25)27-13-28-24)20(29-32)21-18(16-7-3-4-10-26-16)22(34-30-21)14-8-9-14/h3-4,7,10,13-15H,2,5-6,8-9,11-12H2,1H3,(H2,25,27,28)/t15-/m0/s1. The molecule has 1 aliphatic heterocycles. The van der Waals surface area contributed by atoms with Crippen LogP contribution in [0.3, 0.4) is 0 Å². The number of rotatable bonds is 5. The third-order valence-corrected chi connectivity index (χ3v) is 6.73. The zero-order chi connectivity index (χ0) is 23.2. The average molecular weight is 459 g/mol. The minimum atomic E-state index is -0.0112. The van der Waals surface area contributed by atoms with E-state index >= 15 is 0 Å². The van der Waals surface area contributed by atoms with Crippen LogP contribution in [0.5, 0.6) is 0 Å². The predicted molar refractivity (Wildman–Crippen MR) is 126 cm³/mol. The molecule has 1 saturated carbocycles. The molecule has 0 aromatic carbocycles. The van der Waals surface area contributed by atoms with Gasteiger partial charge < -0.3 is 15.2 Å². The van der Waals surface area contributed by atoms with E-state index in [0.717, 1.165) is 49.2 Å². The van der Waals surface area contributed by atoms with E-state index in [0.29, 0.717) is 47.1 Å². The Balaban J connectivity index is 1.52. The fourth-order valence-corrected chi connectivity index (χ4v) is 4.87. The third kappa shape index (κ3) is 3.41. The van der Waals surface area contributed by atoms with Crippen molar-refractivity contribution < 1.29 is 9.32 Å². The largest absolute Gasteiger partial charge is 0.383 e. The second kappa shape index (κ2) is 8.19. The van der Waals surface area contributed by atoms with Gasteiger partial charge in [-0.1, -0.05) is 18.1 Å². The quantitative estimate of drug-likeness (QED) is 0.480. The molecule has 5 heterocycles. The molecule has 4 aromatic rings. The van der Waals surface area contributed by atoms with Crippen LogP contribution in [0.2, 0.25) is 0 Å². The van der Waals surface area contributed by atoms with Crippen molar-refractivity contribution in [2.24, 2.45) is 0 Å². The molecule has 1 aliphatic carbocycles. The SMILES string of the molecule is CCC(=O)N1CCC[C@H](n2nc(-c3noc(C4CC4)c3-c3ccccn3)c3c(N)ncnc32)C1. The number of pyridine rings is 1. The van der Waals surface area contributed by atoms with Crippen LogP contribution in [0, 0.1) is 0 Å². The smallest absolute Gasteiger partial charge is 0.222 e. The molecular weight excluding hydrogens is 432 g/mol. The summed E-state index contributed by atoms with van der Waals surface area (Å²) in [5.74, 6) is 1.67. The maximum absolute atomic E-state index is 12.4. The van der Waals surface area contributed by atoms with E-state index in [-0.39, 0.29) is 11.9 Å². The maximum Gasteiger partial charge on any atom is 0.222 e. The highest BCUT2D eigenvalue weighted by Gasteiger charge is 2.36. The fourth-order valence-electron chi connectivity index (χ4n) is 4.87. The Labute approximate surface area is 196 Å². The van der Waals surface area contributed by atoms with E-state index in [1.54, 1.807) is 6.20 Å². The van der Waals surface area contributed by atoms with Crippen molar-refractivity contribution in [2.75, 3.05) is 18.8 Å². The minimum Gasteiger partial charge on any atom is -0.383 e. The van der Waals surface area contributed by atoms with Crippen LogP contribution in [0.4, 0.5) is 5.82 Å². The molecule has 2 aliphatic rings. The molecule has 1 saturated heterocycles. The van der Waals surface area contributed by atoms with E-state index < -0.39 is 0 Å². The van der Waals surface area contributed by atoms with Crippen molar-refractivity contribution in [3.8, 4) is 22.6 Å². The Morgan fingerprint density at radius 1 is 1.18 bits per heavy atom. The number of hydrogen-bond donors (Lipinski definition) is 1. The summed E-state index contributed by atoms with van der Waals surface area (Å²) in [4.78, 5) is 27.6. The number of fused-ring (bicyclic) bond motifs is 1. The van der Waals surface area contributed by atoms with Gasteiger partial charge in [0.1, 0.15) is 29.3 Å². The Bertz CT molecular complexity index is 1360. The number of anilines is 1. The van der Waals surface area contributed by atoms with Crippen molar-refractivity contribution in [3.63, 3.8) is 0 Å². The fraction of sp³-hybridized carbons (Fsp3) is 0.417. The summed E-state index contributed by atoms with van der Waals surface area (Å²) in [5, 5.41) is 10.1. The van der Waals surface area contributed by atoms with Gasteiger partial charge in [-0.3, -0.25) is 9.78 Å². The van der Waals surface area contributed by atoms with Crippen LogP contribution < -0.4 is 5.73 Å². The van der Waals surface area contributed by atoms with Gasteiger partial charge in [0.25, 0.3) is 0 Å². The number of nitrogen functional groups attached to an aromatic ring is 1.